The average molecular weight is 154 g/mol. The molecule has 0 amide bonds. The van der Waals surface area contributed by atoms with Crippen molar-refractivity contribution in [1.29, 1.82) is 0 Å². The maximum atomic E-state index is 2.51. The van der Waals surface area contributed by atoms with E-state index in [1.807, 2.05) is 0 Å². The van der Waals surface area contributed by atoms with Crippen LogP contribution in [0.1, 0.15) is 6.92 Å². The highest BCUT2D eigenvalue weighted by molar-refractivity contribution is 4.85. The van der Waals surface area contributed by atoms with Gasteiger partial charge < -0.3 is 0 Å². The topological polar surface area (TPSA) is 13.0 Å². The van der Waals surface area contributed by atoms with Crippen LogP contribution in [-0.2, 0) is 0 Å². The first-order valence-electron chi connectivity index (χ1n) is 4.26. The van der Waals surface area contributed by atoms with Crippen LogP contribution < -0.4 is 0 Å². The molecule has 0 aromatic carbocycles. The minimum atomic E-state index is 0.669. The summed E-state index contributed by atoms with van der Waals surface area (Å²) in [5, 5.41) is 0. The fraction of sp³-hybridized carbons (Fsp3) is 1.00. The normalized spacial score (nSPS) is 60.3. The van der Waals surface area contributed by atoms with Gasteiger partial charge in [0.1, 0.15) is 0 Å². The first-order valence-corrected chi connectivity index (χ1v) is 4.26. The lowest BCUT2D eigenvalue weighted by Gasteiger charge is -2.59. The van der Waals surface area contributed by atoms with Gasteiger partial charge in [0.25, 0.3) is 0 Å². The fourth-order valence-corrected chi connectivity index (χ4v) is 2.37. The lowest BCUT2D eigenvalue weighted by atomic mass is 10.3. The Labute approximate surface area is 67.0 Å². The van der Waals surface area contributed by atoms with Crippen molar-refractivity contribution in [2.45, 2.75) is 13.1 Å². The summed E-state index contributed by atoms with van der Waals surface area (Å²) in [6, 6.07) is 0. The fourth-order valence-electron chi connectivity index (χ4n) is 2.37. The molecule has 0 aromatic heterocycles. The van der Waals surface area contributed by atoms with E-state index in [9.17, 15) is 0 Å². The van der Waals surface area contributed by atoms with Crippen LogP contribution in [0, 0.1) is 0 Å². The molecule has 0 unspecified atom stereocenters. The molecule has 0 radical (unpaired) electrons. The van der Waals surface area contributed by atoms with E-state index in [4.69, 9.17) is 0 Å². The summed E-state index contributed by atoms with van der Waals surface area (Å²) in [5.74, 6) is 0. The van der Waals surface area contributed by atoms with E-state index in [0.717, 1.165) is 0 Å². The van der Waals surface area contributed by atoms with Crippen LogP contribution in [0.3, 0.4) is 0 Å². The van der Waals surface area contributed by atoms with Gasteiger partial charge in [-0.05, 0) is 6.92 Å². The zero-order valence-corrected chi connectivity index (χ0v) is 6.90. The van der Waals surface area contributed by atoms with Crippen molar-refractivity contribution in [3.63, 3.8) is 0 Å². The zero-order chi connectivity index (χ0) is 7.42. The van der Waals surface area contributed by atoms with E-state index in [1.165, 1.54) is 33.3 Å². The monoisotopic (exact) mass is 154 g/mol. The summed E-state index contributed by atoms with van der Waals surface area (Å²) >= 11 is 0. The van der Waals surface area contributed by atoms with Gasteiger partial charge in [0.15, 0.2) is 0 Å². The van der Waals surface area contributed by atoms with Crippen molar-refractivity contribution in [2.24, 2.45) is 0 Å². The summed E-state index contributed by atoms with van der Waals surface area (Å²) in [6.07, 6.45) is 0.669. The van der Waals surface area contributed by atoms with E-state index in [0.29, 0.717) is 6.17 Å². The molecule has 0 aromatic rings. The molecule has 4 heteroatoms. The second-order valence-corrected chi connectivity index (χ2v) is 3.86. The van der Waals surface area contributed by atoms with E-state index in [1.54, 1.807) is 0 Å². The SMILES string of the molecule is CC1N2CN3CN(C2)CN1C3. The summed E-state index contributed by atoms with van der Waals surface area (Å²) in [7, 11) is 0. The molecule has 4 fully saturated rings. The van der Waals surface area contributed by atoms with E-state index in [-0.39, 0.29) is 0 Å². The van der Waals surface area contributed by atoms with Crippen LogP contribution in [0.15, 0.2) is 0 Å². The first kappa shape index (κ1) is 6.37. The van der Waals surface area contributed by atoms with Gasteiger partial charge in [-0.3, -0.25) is 19.6 Å². The Bertz CT molecular complexity index is 153. The van der Waals surface area contributed by atoms with E-state index < -0.39 is 0 Å². The van der Waals surface area contributed by atoms with Crippen LogP contribution in [0.2, 0.25) is 0 Å². The smallest absolute Gasteiger partial charge is 0.0639 e. The van der Waals surface area contributed by atoms with Crippen molar-refractivity contribution in [3.8, 4) is 0 Å². The predicted molar refractivity (Wildman–Crippen MR) is 41.2 cm³/mol. The molecule has 0 saturated carbocycles. The van der Waals surface area contributed by atoms with Gasteiger partial charge in [-0.25, -0.2) is 0 Å². The maximum Gasteiger partial charge on any atom is 0.0639 e. The standard InChI is InChI=1S/C7H14N4/c1-7-10-3-8-2-9(5-10)6-11(7)4-8/h7H,2-6H2,1H3. The number of hydrogen-bond acceptors (Lipinski definition) is 4. The molecule has 62 valence electrons. The zero-order valence-electron chi connectivity index (χ0n) is 6.90. The molecule has 0 spiro atoms. The number of nitrogens with zero attached hydrogens (tertiary/aromatic N) is 4. The molecule has 0 aliphatic carbocycles. The Balaban J connectivity index is 1.91. The molecule has 4 nitrogen and oxygen atoms in total. The maximum absolute atomic E-state index is 2.51. The summed E-state index contributed by atoms with van der Waals surface area (Å²) in [6.45, 7) is 8.18. The molecular formula is C7H14N4. The molecule has 4 heterocycles. The van der Waals surface area contributed by atoms with Gasteiger partial charge in [0.2, 0.25) is 0 Å². The van der Waals surface area contributed by atoms with Crippen LogP contribution >= 0.6 is 0 Å². The second kappa shape index (κ2) is 1.95. The van der Waals surface area contributed by atoms with Crippen molar-refractivity contribution < 1.29 is 0 Å². The van der Waals surface area contributed by atoms with Crippen LogP contribution in [-0.4, -0.2) is 59.1 Å². The van der Waals surface area contributed by atoms with Crippen LogP contribution in [0.25, 0.3) is 0 Å². The quantitative estimate of drug-likeness (QED) is 0.460. The third-order valence-electron chi connectivity index (χ3n) is 2.98. The molecule has 0 atom stereocenters. The van der Waals surface area contributed by atoms with E-state index in [2.05, 4.69) is 26.5 Å². The van der Waals surface area contributed by atoms with Crippen molar-refractivity contribution in [2.75, 3.05) is 33.3 Å². The van der Waals surface area contributed by atoms with Crippen LogP contribution in [0.5, 0.6) is 0 Å². The Morgan fingerprint density at radius 1 is 0.818 bits per heavy atom. The molecule has 4 aliphatic heterocycles. The van der Waals surface area contributed by atoms with Crippen molar-refractivity contribution in [1.82, 2.24) is 19.6 Å². The first-order chi connectivity index (χ1) is 5.33. The average Bonchev–Trinajstić information content (AvgIpc) is 1.98. The predicted octanol–water partition coefficient (Wildman–Crippen LogP) is -0.631. The minimum absolute atomic E-state index is 0.669. The second-order valence-electron chi connectivity index (χ2n) is 3.86. The molecule has 4 aliphatic rings. The molecule has 0 N–H and O–H groups in total. The van der Waals surface area contributed by atoms with Gasteiger partial charge >= 0.3 is 0 Å². The lowest BCUT2D eigenvalue weighted by molar-refractivity contribution is -0.225. The van der Waals surface area contributed by atoms with Gasteiger partial charge in [-0.15, -0.1) is 0 Å². The molecular weight excluding hydrogens is 140 g/mol. The number of hydrogen-bond donors (Lipinski definition) is 0. The number of rotatable bonds is 0. The third kappa shape index (κ3) is 0.780. The lowest BCUT2D eigenvalue weighted by Crippen LogP contribution is -2.74. The molecule has 4 bridgehead atoms. The Morgan fingerprint density at radius 2 is 1.27 bits per heavy atom. The highest BCUT2D eigenvalue weighted by atomic mass is 15.7. The minimum Gasteiger partial charge on any atom is -0.264 e. The van der Waals surface area contributed by atoms with Gasteiger partial charge in [0, 0.05) is 0 Å². The third-order valence-corrected chi connectivity index (χ3v) is 2.98. The summed E-state index contributed by atoms with van der Waals surface area (Å²) in [4.78, 5) is 9.98. The van der Waals surface area contributed by atoms with Crippen molar-refractivity contribution in [3.05, 3.63) is 0 Å². The van der Waals surface area contributed by atoms with Crippen LogP contribution in [0.4, 0.5) is 0 Å². The van der Waals surface area contributed by atoms with E-state index >= 15 is 0 Å². The highest BCUT2D eigenvalue weighted by Crippen LogP contribution is 2.25. The van der Waals surface area contributed by atoms with Gasteiger partial charge in [-0.2, -0.15) is 0 Å². The summed E-state index contributed by atoms with van der Waals surface area (Å²) in [5.41, 5.74) is 0. The summed E-state index contributed by atoms with van der Waals surface area (Å²) < 4.78 is 0. The molecule has 4 rings (SSSR count). The highest BCUT2D eigenvalue weighted by Gasteiger charge is 2.40. The van der Waals surface area contributed by atoms with Gasteiger partial charge in [0.05, 0.1) is 39.5 Å². The largest absolute Gasteiger partial charge is 0.264 e. The van der Waals surface area contributed by atoms with Crippen molar-refractivity contribution >= 4 is 0 Å². The van der Waals surface area contributed by atoms with Gasteiger partial charge in [-0.1, -0.05) is 0 Å². The molecule has 4 saturated heterocycles. The molecule has 11 heavy (non-hydrogen) atoms. The Morgan fingerprint density at radius 3 is 1.73 bits per heavy atom. The Hall–Kier alpha value is -0.160. The Kier molecular flexibility index (Phi) is 1.13.